The highest BCUT2D eigenvalue weighted by molar-refractivity contribution is 5.96. The first-order valence-corrected chi connectivity index (χ1v) is 5.95. The van der Waals surface area contributed by atoms with Crippen LogP contribution in [0.25, 0.3) is 0 Å². The van der Waals surface area contributed by atoms with Crippen molar-refractivity contribution in [1.82, 2.24) is 5.32 Å². The number of aliphatic carboxylic acids is 1. The Morgan fingerprint density at radius 3 is 2.53 bits per heavy atom. The van der Waals surface area contributed by atoms with Gasteiger partial charge in [-0.1, -0.05) is 13.8 Å². The van der Waals surface area contributed by atoms with Gasteiger partial charge < -0.3 is 15.2 Å². The van der Waals surface area contributed by atoms with E-state index in [-0.39, 0.29) is 17.6 Å². The molecule has 1 saturated carbocycles. The second kappa shape index (κ2) is 5.04. The number of hydrogen-bond acceptors (Lipinski definition) is 3. The van der Waals surface area contributed by atoms with Crippen molar-refractivity contribution in [1.29, 1.82) is 0 Å². The first-order valence-electron chi connectivity index (χ1n) is 5.95. The Labute approximate surface area is 102 Å². The lowest BCUT2D eigenvalue weighted by atomic mass is 9.64. The number of carboxylic acid groups (broad SMARTS) is 1. The van der Waals surface area contributed by atoms with Gasteiger partial charge >= 0.3 is 5.97 Å². The van der Waals surface area contributed by atoms with E-state index in [1.807, 2.05) is 20.8 Å². The summed E-state index contributed by atoms with van der Waals surface area (Å²) in [6.07, 6.45) is 0.886. The van der Waals surface area contributed by atoms with E-state index in [0.717, 1.165) is 6.42 Å². The van der Waals surface area contributed by atoms with Crippen molar-refractivity contribution < 1.29 is 19.4 Å². The second-order valence-corrected chi connectivity index (χ2v) is 5.12. The molecule has 0 radical (unpaired) electrons. The first kappa shape index (κ1) is 14.0. The molecule has 5 heteroatoms. The molecule has 1 amide bonds. The summed E-state index contributed by atoms with van der Waals surface area (Å²) in [4.78, 5) is 22.3. The molecule has 3 atom stereocenters. The largest absolute Gasteiger partial charge is 0.481 e. The topological polar surface area (TPSA) is 75.6 Å². The van der Waals surface area contributed by atoms with Crippen molar-refractivity contribution >= 4 is 11.9 Å². The number of amides is 1. The van der Waals surface area contributed by atoms with E-state index in [1.54, 1.807) is 0 Å². The Kier molecular flexibility index (Phi) is 4.14. The van der Waals surface area contributed by atoms with Crippen LogP contribution in [0.15, 0.2) is 0 Å². The van der Waals surface area contributed by atoms with Crippen molar-refractivity contribution in [2.24, 2.45) is 11.3 Å². The van der Waals surface area contributed by atoms with E-state index in [9.17, 15) is 9.59 Å². The molecule has 0 saturated heterocycles. The van der Waals surface area contributed by atoms with E-state index in [1.165, 1.54) is 6.92 Å². The molecule has 1 aliphatic carbocycles. The highest BCUT2D eigenvalue weighted by Gasteiger charge is 2.49. The minimum atomic E-state index is -1.10. The Bertz CT molecular complexity index is 314. The molecule has 0 heterocycles. The lowest BCUT2D eigenvalue weighted by Crippen LogP contribution is -2.62. The highest BCUT2D eigenvalue weighted by Crippen LogP contribution is 2.42. The quantitative estimate of drug-likeness (QED) is 0.707. The summed E-state index contributed by atoms with van der Waals surface area (Å²) in [5.41, 5.74) is -0.135. The molecule has 0 bridgehead atoms. The maximum atomic E-state index is 11.6. The molecule has 0 aliphatic heterocycles. The first-order chi connectivity index (χ1) is 7.80. The molecule has 1 aliphatic rings. The zero-order valence-corrected chi connectivity index (χ0v) is 10.8. The zero-order chi connectivity index (χ0) is 13.2. The molecule has 98 valence electrons. The Balaban J connectivity index is 2.50. The van der Waals surface area contributed by atoms with Gasteiger partial charge in [0.25, 0.3) is 0 Å². The van der Waals surface area contributed by atoms with Crippen LogP contribution in [0.5, 0.6) is 0 Å². The Morgan fingerprint density at radius 2 is 2.12 bits per heavy atom. The summed E-state index contributed by atoms with van der Waals surface area (Å²) in [6, 6.07) is -0.00616. The molecule has 2 N–H and O–H groups in total. The molecule has 5 nitrogen and oxygen atoms in total. The standard InChI is InChI=1S/C12H21NO4/c1-5-17-9-6-8(12(9,3)4)13-10(14)7(2)11(15)16/h7-9H,5-6H2,1-4H3,(H,13,14)(H,15,16). The van der Waals surface area contributed by atoms with E-state index in [4.69, 9.17) is 9.84 Å². The third kappa shape index (κ3) is 2.77. The number of nitrogens with one attached hydrogen (secondary N) is 1. The molecular weight excluding hydrogens is 222 g/mol. The van der Waals surface area contributed by atoms with Crippen LogP contribution in [-0.2, 0) is 14.3 Å². The number of rotatable bonds is 5. The average molecular weight is 243 g/mol. The lowest BCUT2D eigenvalue weighted by Gasteiger charge is -2.51. The van der Waals surface area contributed by atoms with Gasteiger partial charge in [-0.25, -0.2) is 0 Å². The summed E-state index contributed by atoms with van der Waals surface area (Å²) >= 11 is 0. The van der Waals surface area contributed by atoms with Gasteiger partial charge in [0, 0.05) is 18.1 Å². The summed E-state index contributed by atoms with van der Waals surface area (Å²) in [6.45, 7) is 8.03. The van der Waals surface area contributed by atoms with Crippen LogP contribution in [-0.4, -0.2) is 35.7 Å². The SMILES string of the molecule is CCOC1CC(NC(=O)C(C)C(=O)O)C1(C)C. The third-order valence-corrected chi connectivity index (χ3v) is 3.63. The van der Waals surface area contributed by atoms with Gasteiger partial charge in [0.1, 0.15) is 5.92 Å². The zero-order valence-electron chi connectivity index (χ0n) is 10.8. The van der Waals surface area contributed by atoms with Crippen molar-refractivity contribution in [3.8, 4) is 0 Å². The van der Waals surface area contributed by atoms with Gasteiger partial charge in [-0.15, -0.1) is 0 Å². The molecule has 0 aromatic heterocycles. The fourth-order valence-electron chi connectivity index (χ4n) is 2.02. The summed E-state index contributed by atoms with van der Waals surface area (Å²) in [7, 11) is 0. The van der Waals surface area contributed by atoms with Gasteiger partial charge in [-0.05, 0) is 20.3 Å². The maximum Gasteiger partial charge on any atom is 0.315 e. The fraction of sp³-hybridized carbons (Fsp3) is 0.833. The van der Waals surface area contributed by atoms with E-state index in [0.29, 0.717) is 6.61 Å². The van der Waals surface area contributed by atoms with E-state index < -0.39 is 17.8 Å². The van der Waals surface area contributed by atoms with Crippen molar-refractivity contribution in [2.45, 2.75) is 46.3 Å². The number of hydrogen-bond donors (Lipinski definition) is 2. The van der Waals surface area contributed by atoms with Gasteiger partial charge in [-0.2, -0.15) is 0 Å². The van der Waals surface area contributed by atoms with Crippen LogP contribution in [0.4, 0.5) is 0 Å². The van der Waals surface area contributed by atoms with Crippen molar-refractivity contribution in [3.63, 3.8) is 0 Å². The summed E-state index contributed by atoms with van der Waals surface area (Å²) < 4.78 is 5.55. The van der Waals surface area contributed by atoms with Gasteiger partial charge in [0.2, 0.25) is 5.91 Å². The van der Waals surface area contributed by atoms with Crippen LogP contribution >= 0.6 is 0 Å². The number of carbonyl (C=O) groups is 2. The monoisotopic (exact) mass is 243 g/mol. The average Bonchev–Trinajstić information content (AvgIpc) is 2.26. The molecule has 1 rings (SSSR count). The predicted molar refractivity (Wildman–Crippen MR) is 62.5 cm³/mol. The van der Waals surface area contributed by atoms with Gasteiger partial charge in [0.05, 0.1) is 6.10 Å². The van der Waals surface area contributed by atoms with Crippen molar-refractivity contribution in [3.05, 3.63) is 0 Å². The fourth-order valence-corrected chi connectivity index (χ4v) is 2.02. The summed E-state index contributed by atoms with van der Waals surface area (Å²) in [5, 5.41) is 11.5. The van der Waals surface area contributed by atoms with Crippen LogP contribution < -0.4 is 5.32 Å². The Hall–Kier alpha value is -1.10. The molecule has 0 aromatic rings. The van der Waals surface area contributed by atoms with Crippen LogP contribution in [0.1, 0.15) is 34.1 Å². The third-order valence-electron chi connectivity index (χ3n) is 3.63. The van der Waals surface area contributed by atoms with Crippen LogP contribution in [0, 0.1) is 11.3 Å². The normalized spacial score (nSPS) is 28.0. The van der Waals surface area contributed by atoms with Gasteiger partial charge in [-0.3, -0.25) is 9.59 Å². The number of ether oxygens (including phenoxy) is 1. The molecule has 0 aromatic carbocycles. The van der Waals surface area contributed by atoms with Crippen LogP contribution in [0.2, 0.25) is 0 Å². The van der Waals surface area contributed by atoms with Gasteiger partial charge in [0.15, 0.2) is 0 Å². The van der Waals surface area contributed by atoms with E-state index in [2.05, 4.69) is 5.32 Å². The Morgan fingerprint density at radius 1 is 1.53 bits per heavy atom. The molecule has 3 unspecified atom stereocenters. The second-order valence-electron chi connectivity index (χ2n) is 5.12. The predicted octanol–water partition coefficient (Wildman–Crippen LogP) is 1.03. The number of carbonyl (C=O) groups excluding carboxylic acids is 1. The van der Waals surface area contributed by atoms with Crippen molar-refractivity contribution in [2.75, 3.05) is 6.61 Å². The summed E-state index contributed by atoms with van der Waals surface area (Å²) in [5.74, 6) is -2.52. The minimum Gasteiger partial charge on any atom is -0.481 e. The molecular formula is C12H21NO4. The molecule has 17 heavy (non-hydrogen) atoms. The molecule has 1 fully saturated rings. The maximum absolute atomic E-state index is 11.6. The van der Waals surface area contributed by atoms with Crippen LogP contribution in [0.3, 0.4) is 0 Å². The highest BCUT2D eigenvalue weighted by atomic mass is 16.5. The lowest BCUT2D eigenvalue weighted by molar-refractivity contribution is -0.150. The molecule has 0 spiro atoms. The smallest absolute Gasteiger partial charge is 0.315 e. The number of carboxylic acids is 1. The van der Waals surface area contributed by atoms with E-state index >= 15 is 0 Å². The minimum absolute atomic E-state index is 0.00616.